The first-order valence-electron chi connectivity index (χ1n) is 13.5. The zero-order chi connectivity index (χ0) is 27.3. The van der Waals surface area contributed by atoms with Gasteiger partial charge in [-0.25, -0.2) is 9.78 Å². The van der Waals surface area contributed by atoms with Crippen molar-refractivity contribution in [1.82, 2.24) is 4.98 Å². The molecule has 0 bridgehead atoms. The van der Waals surface area contributed by atoms with Crippen molar-refractivity contribution >= 4 is 39.5 Å². The van der Waals surface area contributed by atoms with Crippen LogP contribution in [0.2, 0.25) is 0 Å². The van der Waals surface area contributed by atoms with Crippen LogP contribution in [-0.4, -0.2) is 29.8 Å². The minimum Gasteiger partial charge on any atom is -0.444 e. The highest BCUT2D eigenvalue weighted by atomic mass is 16.6. The minimum atomic E-state index is -0.581. The van der Waals surface area contributed by atoms with Gasteiger partial charge in [-0.1, -0.05) is 31.0 Å². The second-order valence-electron chi connectivity index (χ2n) is 10.9. The number of aromatic nitrogens is 2. The lowest BCUT2D eigenvalue weighted by Gasteiger charge is -2.20. The van der Waals surface area contributed by atoms with E-state index in [1.165, 1.54) is 6.42 Å². The molecule has 38 heavy (non-hydrogen) atoms. The van der Waals surface area contributed by atoms with Crippen LogP contribution in [-0.2, 0) is 4.74 Å². The van der Waals surface area contributed by atoms with Gasteiger partial charge in [-0.3, -0.25) is 5.32 Å². The maximum Gasteiger partial charge on any atom is 0.412 e. The summed E-state index contributed by atoms with van der Waals surface area (Å²) in [5.74, 6) is 0. The van der Waals surface area contributed by atoms with Gasteiger partial charge in [0.15, 0.2) is 0 Å². The Morgan fingerprint density at radius 3 is 2.13 bits per heavy atom. The van der Waals surface area contributed by atoms with Gasteiger partial charge in [0, 0.05) is 36.5 Å². The van der Waals surface area contributed by atoms with Crippen molar-refractivity contribution in [2.45, 2.75) is 65.9 Å². The number of hydrogen-bond acceptors (Lipinski definition) is 5. The lowest BCUT2D eigenvalue weighted by atomic mass is 10.1. The quantitative estimate of drug-likeness (QED) is 0.134. The van der Waals surface area contributed by atoms with Crippen LogP contribution in [0.3, 0.4) is 0 Å². The lowest BCUT2D eigenvalue weighted by molar-refractivity contribution is -0.538. The molecule has 0 fully saturated rings. The number of amides is 1. The number of fused-ring (bicyclic) bond motifs is 2. The number of benzene rings is 3. The first kappa shape index (κ1) is 27.3. The predicted octanol–water partition coefficient (Wildman–Crippen LogP) is 6.56. The smallest absolute Gasteiger partial charge is 0.412 e. The number of unbranched alkanes of at least 4 members (excludes halogenated alkanes) is 3. The summed E-state index contributed by atoms with van der Waals surface area (Å²) in [5, 5.41) is 6.56. The maximum atomic E-state index is 12.6. The number of ether oxygens (including phenoxy) is 1. The molecule has 4 N–H and O–H groups in total. The van der Waals surface area contributed by atoms with Crippen LogP contribution in [0.4, 0.5) is 16.2 Å². The Morgan fingerprint density at radius 1 is 0.895 bits per heavy atom. The summed E-state index contributed by atoms with van der Waals surface area (Å²) in [6.07, 6.45) is 4.03. The molecular formula is C31H40N5O2+. The first-order valence-corrected chi connectivity index (χ1v) is 13.5. The van der Waals surface area contributed by atoms with Crippen LogP contribution >= 0.6 is 0 Å². The maximum absolute atomic E-state index is 12.6. The third-order valence-electron chi connectivity index (χ3n) is 6.46. The summed E-state index contributed by atoms with van der Waals surface area (Å²) in [4.78, 5) is 17.6. The molecule has 0 aliphatic carbocycles. The third kappa shape index (κ3) is 6.58. The van der Waals surface area contributed by atoms with Gasteiger partial charge in [0.2, 0.25) is 16.7 Å². The molecule has 0 spiro atoms. The van der Waals surface area contributed by atoms with Crippen LogP contribution in [0.15, 0.2) is 54.6 Å². The molecule has 0 atom stereocenters. The zero-order valence-electron chi connectivity index (χ0n) is 23.2. The molecule has 4 rings (SSSR count). The number of nitrogens with two attached hydrogens (primary N) is 1. The number of aryl methyl sites for hydroxylation is 2. The summed E-state index contributed by atoms with van der Waals surface area (Å²) >= 11 is 0. The Balaban J connectivity index is 1.80. The molecular weight excluding hydrogens is 474 g/mol. The molecule has 4 aromatic rings. The fraction of sp³-hybridized carbons (Fsp3) is 0.387. The molecule has 3 aromatic carbocycles. The average Bonchev–Trinajstić information content (AvgIpc) is 2.85. The Bertz CT molecular complexity index is 1430. The number of anilines is 2. The molecule has 0 saturated heterocycles. The second kappa shape index (κ2) is 11.8. The predicted molar refractivity (Wildman–Crippen MR) is 156 cm³/mol. The van der Waals surface area contributed by atoms with Gasteiger partial charge in [0.05, 0.1) is 5.69 Å². The van der Waals surface area contributed by atoms with E-state index in [9.17, 15) is 4.79 Å². The highest BCUT2D eigenvalue weighted by molar-refractivity contribution is 5.92. The third-order valence-corrected chi connectivity index (χ3v) is 6.46. The van der Waals surface area contributed by atoms with E-state index in [-0.39, 0.29) is 0 Å². The van der Waals surface area contributed by atoms with E-state index in [1.807, 2.05) is 58.0 Å². The summed E-state index contributed by atoms with van der Waals surface area (Å²) in [7, 11) is 0. The van der Waals surface area contributed by atoms with Crippen LogP contribution in [0.1, 0.15) is 57.6 Å². The molecule has 0 radical (unpaired) electrons. The van der Waals surface area contributed by atoms with Gasteiger partial charge in [-0.15, -0.1) is 4.57 Å². The number of nitrogens with one attached hydrogen (secondary N) is 2. The van der Waals surface area contributed by atoms with Crippen molar-refractivity contribution < 1.29 is 14.1 Å². The number of para-hydroxylation sites is 1. The highest BCUT2D eigenvalue weighted by Gasteiger charge is 2.23. The molecule has 0 unspecified atom stereocenters. The average molecular weight is 515 g/mol. The van der Waals surface area contributed by atoms with Gasteiger partial charge >= 0.3 is 6.09 Å². The van der Waals surface area contributed by atoms with Gasteiger partial charge in [-0.2, -0.15) is 0 Å². The van der Waals surface area contributed by atoms with E-state index >= 15 is 0 Å². The Morgan fingerprint density at radius 2 is 1.50 bits per heavy atom. The highest BCUT2D eigenvalue weighted by Crippen LogP contribution is 2.27. The van der Waals surface area contributed by atoms with E-state index in [0.717, 1.165) is 76.9 Å². The summed E-state index contributed by atoms with van der Waals surface area (Å²) in [5.41, 5.74) is 13.6. The number of carbonyl (C=O) groups is 1. The molecule has 0 aliphatic heterocycles. The van der Waals surface area contributed by atoms with Gasteiger partial charge in [0.1, 0.15) is 16.6 Å². The SMILES string of the molecule is Cc1cc2nc3cc(C)c(NC(=O)OC(C)(C)C)cc3[n+](-c3ccccc3)c2cc1NCCCCCCN. The fourth-order valence-electron chi connectivity index (χ4n) is 4.60. The molecule has 1 amide bonds. The Hall–Kier alpha value is -3.71. The van der Waals surface area contributed by atoms with Crippen molar-refractivity contribution in [3.8, 4) is 5.69 Å². The summed E-state index contributed by atoms with van der Waals surface area (Å²) in [6.45, 7) is 11.3. The minimum absolute atomic E-state index is 0.478. The van der Waals surface area contributed by atoms with Crippen molar-refractivity contribution in [3.63, 3.8) is 0 Å². The van der Waals surface area contributed by atoms with Gasteiger partial charge < -0.3 is 15.8 Å². The van der Waals surface area contributed by atoms with E-state index in [1.54, 1.807) is 0 Å². The molecule has 200 valence electrons. The summed E-state index contributed by atoms with van der Waals surface area (Å²) < 4.78 is 7.72. The van der Waals surface area contributed by atoms with Crippen LogP contribution in [0, 0.1) is 13.8 Å². The number of carbonyl (C=O) groups excluding carboxylic acids is 1. The largest absolute Gasteiger partial charge is 0.444 e. The monoisotopic (exact) mass is 514 g/mol. The first-order chi connectivity index (χ1) is 18.2. The molecule has 7 nitrogen and oxygen atoms in total. The van der Waals surface area contributed by atoms with Crippen LogP contribution in [0.25, 0.3) is 27.8 Å². The molecule has 7 heteroatoms. The van der Waals surface area contributed by atoms with Crippen molar-refractivity contribution in [2.24, 2.45) is 5.73 Å². The molecule has 1 aromatic heterocycles. The van der Waals surface area contributed by atoms with Crippen molar-refractivity contribution in [1.29, 1.82) is 0 Å². The molecule has 1 heterocycles. The van der Waals surface area contributed by atoms with E-state index in [2.05, 4.69) is 46.4 Å². The van der Waals surface area contributed by atoms with E-state index in [4.69, 9.17) is 15.5 Å². The zero-order valence-corrected chi connectivity index (χ0v) is 23.2. The van der Waals surface area contributed by atoms with Crippen LogP contribution in [0.5, 0.6) is 0 Å². The molecule has 0 aliphatic rings. The van der Waals surface area contributed by atoms with Crippen molar-refractivity contribution in [2.75, 3.05) is 23.7 Å². The topological polar surface area (TPSA) is 93.1 Å². The Kier molecular flexibility index (Phi) is 8.47. The second-order valence-corrected chi connectivity index (χ2v) is 10.9. The summed E-state index contributed by atoms with van der Waals surface area (Å²) in [6, 6.07) is 18.6. The van der Waals surface area contributed by atoms with E-state index in [0.29, 0.717) is 5.69 Å². The van der Waals surface area contributed by atoms with Crippen molar-refractivity contribution in [3.05, 3.63) is 65.7 Å². The van der Waals surface area contributed by atoms with Gasteiger partial charge in [-0.05, 0) is 77.3 Å². The number of hydrogen-bond donors (Lipinski definition) is 3. The lowest BCUT2D eigenvalue weighted by Crippen LogP contribution is -2.33. The van der Waals surface area contributed by atoms with Crippen LogP contribution < -0.4 is 20.9 Å². The number of rotatable bonds is 9. The van der Waals surface area contributed by atoms with Gasteiger partial charge in [0.25, 0.3) is 0 Å². The fourth-order valence-corrected chi connectivity index (χ4v) is 4.60. The molecule has 0 saturated carbocycles. The van der Waals surface area contributed by atoms with E-state index < -0.39 is 11.7 Å². The Labute approximate surface area is 225 Å². The standard InChI is InChI=1S/C31H39N5O2/c1-21-17-26-28(19-24(21)33-16-12-7-6-11-15-32)36(23-13-9-8-10-14-23)29-20-25(22(2)18-27(29)34-26)35-30(37)38-31(3,4)5/h8-10,13-14,17-20H,6-7,11-12,15-16,32H2,1-5H3,(H,33,35,37)/p+1. The number of nitrogens with zero attached hydrogens (tertiary/aromatic N) is 2. The normalized spacial score (nSPS) is 11.6.